The fraction of sp³-hybridized carbons (Fsp3) is 1.00. The third-order valence-corrected chi connectivity index (χ3v) is 0.831. The molecular formula is C8H20N4. The van der Waals surface area contributed by atoms with Gasteiger partial charge in [-0.15, -0.1) is 0 Å². The molecule has 0 bridgehead atoms. The van der Waals surface area contributed by atoms with Crippen molar-refractivity contribution in [2.24, 2.45) is 10.3 Å². The first-order valence-electron chi connectivity index (χ1n) is 4.15. The van der Waals surface area contributed by atoms with Crippen LogP contribution in [0.3, 0.4) is 0 Å². The van der Waals surface area contributed by atoms with Crippen LogP contribution in [0.25, 0.3) is 0 Å². The summed E-state index contributed by atoms with van der Waals surface area (Å²) in [6.07, 6.45) is 0. The van der Waals surface area contributed by atoms with Gasteiger partial charge in [-0.1, -0.05) is 5.22 Å². The zero-order chi connectivity index (χ0) is 9.83. The second-order valence-electron chi connectivity index (χ2n) is 4.86. The molecule has 0 aromatic carbocycles. The summed E-state index contributed by atoms with van der Waals surface area (Å²) in [6, 6.07) is 0. The molecule has 4 heteroatoms. The summed E-state index contributed by atoms with van der Waals surface area (Å²) < 4.78 is 0. The summed E-state index contributed by atoms with van der Waals surface area (Å²) in [5, 5.41) is 7.80. The molecule has 0 radical (unpaired) electrons. The molecule has 0 heterocycles. The minimum absolute atomic E-state index is 0.0108. The molecule has 0 atom stereocenters. The van der Waals surface area contributed by atoms with Crippen LogP contribution in [0.5, 0.6) is 0 Å². The lowest BCUT2D eigenvalue weighted by atomic mass is 10.1. The second-order valence-corrected chi connectivity index (χ2v) is 4.86. The standard InChI is InChI=1S/C8H20N4/c1-7(2,3)9-11-12-10-8(4,5)6/h1-6H3,(H,9,12)(H,10,11). The number of nitrogens with zero attached hydrogens (tertiary/aromatic N) is 2. The van der Waals surface area contributed by atoms with Crippen LogP contribution in [-0.4, -0.2) is 11.1 Å². The van der Waals surface area contributed by atoms with Crippen molar-refractivity contribution in [1.29, 1.82) is 0 Å². The molecule has 2 N–H and O–H groups in total. The SMILES string of the molecule is CC(C)(C)N=NNNC(C)(C)C. The first kappa shape index (κ1) is 11.4. The summed E-state index contributed by atoms with van der Waals surface area (Å²) >= 11 is 0. The van der Waals surface area contributed by atoms with Crippen LogP contribution in [0.15, 0.2) is 10.3 Å². The second kappa shape index (κ2) is 3.85. The molecule has 0 spiro atoms. The number of nitrogens with one attached hydrogen (secondary N) is 2. The van der Waals surface area contributed by atoms with E-state index in [0.29, 0.717) is 0 Å². The fourth-order valence-corrected chi connectivity index (χ4v) is 0.368. The zero-order valence-corrected chi connectivity index (χ0v) is 8.89. The molecular weight excluding hydrogens is 152 g/mol. The highest BCUT2D eigenvalue weighted by Gasteiger charge is 2.08. The molecule has 12 heavy (non-hydrogen) atoms. The Balaban J connectivity index is 3.64. The molecule has 0 aliphatic rings. The van der Waals surface area contributed by atoms with E-state index in [2.05, 4.69) is 21.3 Å². The van der Waals surface area contributed by atoms with Crippen molar-refractivity contribution in [2.45, 2.75) is 52.6 Å². The lowest BCUT2D eigenvalue weighted by Crippen LogP contribution is -2.43. The zero-order valence-electron chi connectivity index (χ0n) is 8.89. The molecule has 0 saturated carbocycles. The third kappa shape index (κ3) is 9.36. The number of hydrogen-bond acceptors (Lipinski definition) is 3. The Bertz CT molecular complexity index is 149. The van der Waals surface area contributed by atoms with E-state index in [4.69, 9.17) is 0 Å². The Morgan fingerprint density at radius 3 is 1.75 bits per heavy atom. The van der Waals surface area contributed by atoms with E-state index in [1.807, 2.05) is 41.5 Å². The molecule has 0 aliphatic heterocycles. The highest BCUT2D eigenvalue weighted by Crippen LogP contribution is 2.05. The summed E-state index contributed by atoms with van der Waals surface area (Å²) in [4.78, 5) is 0. The smallest absolute Gasteiger partial charge is 0.0753 e. The Labute approximate surface area is 74.8 Å². The first-order chi connectivity index (χ1) is 5.21. The normalized spacial score (nSPS) is 13.8. The van der Waals surface area contributed by atoms with Gasteiger partial charge in [0.15, 0.2) is 0 Å². The number of hydrogen-bond donors (Lipinski definition) is 2. The topological polar surface area (TPSA) is 48.8 Å². The predicted octanol–water partition coefficient (Wildman–Crippen LogP) is 2.04. The molecule has 4 nitrogen and oxygen atoms in total. The summed E-state index contributed by atoms with van der Waals surface area (Å²) in [6.45, 7) is 12.1. The van der Waals surface area contributed by atoms with Gasteiger partial charge in [-0.2, -0.15) is 5.11 Å². The van der Waals surface area contributed by atoms with Gasteiger partial charge in [-0.25, -0.2) is 11.0 Å². The fourth-order valence-electron chi connectivity index (χ4n) is 0.368. The average Bonchev–Trinajstić information content (AvgIpc) is 1.76. The van der Waals surface area contributed by atoms with Gasteiger partial charge in [0.1, 0.15) is 0 Å². The van der Waals surface area contributed by atoms with Crippen LogP contribution in [0.4, 0.5) is 0 Å². The molecule has 0 saturated heterocycles. The Kier molecular flexibility index (Phi) is 3.64. The molecule has 0 aliphatic carbocycles. The molecule has 0 aromatic rings. The summed E-state index contributed by atoms with van der Waals surface area (Å²) in [5.74, 6) is 0. The highest BCUT2D eigenvalue weighted by atomic mass is 15.6. The average molecular weight is 172 g/mol. The summed E-state index contributed by atoms with van der Waals surface area (Å²) in [7, 11) is 0. The van der Waals surface area contributed by atoms with Crippen LogP contribution in [-0.2, 0) is 0 Å². The quantitative estimate of drug-likeness (QED) is 0.494. The van der Waals surface area contributed by atoms with E-state index < -0.39 is 0 Å². The van der Waals surface area contributed by atoms with Crippen LogP contribution >= 0.6 is 0 Å². The monoisotopic (exact) mass is 172 g/mol. The summed E-state index contributed by atoms with van der Waals surface area (Å²) in [5.41, 5.74) is 5.57. The van der Waals surface area contributed by atoms with Crippen LogP contribution in [0.2, 0.25) is 0 Å². The maximum absolute atomic E-state index is 4.01. The van der Waals surface area contributed by atoms with Crippen molar-refractivity contribution in [1.82, 2.24) is 11.0 Å². The molecule has 0 unspecified atom stereocenters. The van der Waals surface area contributed by atoms with Crippen molar-refractivity contribution < 1.29 is 0 Å². The Morgan fingerprint density at radius 1 is 0.917 bits per heavy atom. The highest BCUT2D eigenvalue weighted by molar-refractivity contribution is 4.67. The largest absolute Gasteiger partial charge is 0.224 e. The van der Waals surface area contributed by atoms with E-state index >= 15 is 0 Å². The van der Waals surface area contributed by atoms with Crippen LogP contribution in [0.1, 0.15) is 41.5 Å². The van der Waals surface area contributed by atoms with E-state index in [1.54, 1.807) is 0 Å². The van der Waals surface area contributed by atoms with Crippen LogP contribution < -0.4 is 11.0 Å². The van der Waals surface area contributed by atoms with Gasteiger partial charge in [0.2, 0.25) is 0 Å². The van der Waals surface area contributed by atoms with Gasteiger partial charge in [0.25, 0.3) is 0 Å². The van der Waals surface area contributed by atoms with Gasteiger partial charge in [-0.05, 0) is 41.5 Å². The Hall–Kier alpha value is -0.640. The Morgan fingerprint density at radius 2 is 1.42 bits per heavy atom. The molecule has 0 amide bonds. The minimum atomic E-state index is -0.118. The minimum Gasteiger partial charge on any atom is -0.224 e. The van der Waals surface area contributed by atoms with Crippen molar-refractivity contribution >= 4 is 0 Å². The molecule has 0 rings (SSSR count). The van der Waals surface area contributed by atoms with E-state index in [1.165, 1.54) is 0 Å². The van der Waals surface area contributed by atoms with Crippen molar-refractivity contribution in [3.8, 4) is 0 Å². The molecule has 0 aromatic heterocycles. The third-order valence-electron chi connectivity index (χ3n) is 0.831. The lowest BCUT2D eigenvalue weighted by molar-refractivity contribution is 0.346. The van der Waals surface area contributed by atoms with E-state index in [0.717, 1.165) is 0 Å². The van der Waals surface area contributed by atoms with E-state index in [-0.39, 0.29) is 11.1 Å². The maximum Gasteiger partial charge on any atom is 0.0753 e. The van der Waals surface area contributed by atoms with Crippen LogP contribution in [0, 0.1) is 0 Å². The van der Waals surface area contributed by atoms with Gasteiger partial charge in [0, 0.05) is 5.54 Å². The first-order valence-corrected chi connectivity index (χ1v) is 4.15. The maximum atomic E-state index is 4.01. The van der Waals surface area contributed by atoms with Gasteiger partial charge < -0.3 is 0 Å². The van der Waals surface area contributed by atoms with Gasteiger partial charge >= 0.3 is 0 Å². The van der Waals surface area contributed by atoms with Crippen molar-refractivity contribution in [3.05, 3.63) is 0 Å². The number of hydrazine groups is 1. The van der Waals surface area contributed by atoms with Crippen molar-refractivity contribution in [2.75, 3.05) is 0 Å². The van der Waals surface area contributed by atoms with Gasteiger partial charge in [-0.3, -0.25) is 0 Å². The molecule has 0 fully saturated rings. The number of rotatable bonds is 2. The van der Waals surface area contributed by atoms with Gasteiger partial charge in [0.05, 0.1) is 5.54 Å². The molecule has 72 valence electrons. The predicted molar refractivity (Wildman–Crippen MR) is 50.6 cm³/mol. The van der Waals surface area contributed by atoms with Crippen molar-refractivity contribution in [3.63, 3.8) is 0 Å². The lowest BCUT2D eigenvalue weighted by Gasteiger charge is -2.19. The van der Waals surface area contributed by atoms with E-state index in [9.17, 15) is 0 Å².